The zero-order valence-electron chi connectivity index (χ0n) is 11.5. The van der Waals surface area contributed by atoms with Gasteiger partial charge in [0.2, 0.25) is 0 Å². The van der Waals surface area contributed by atoms with Crippen LogP contribution in [-0.2, 0) is 4.74 Å². The molecule has 18 heavy (non-hydrogen) atoms. The van der Waals surface area contributed by atoms with E-state index in [1.54, 1.807) is 0 Å². The summed E-state index contributed by atoms with van der Waals surface area (Å²) in [6, 6.07) is 0.568. The molecule has 0 bridgehead atoms. The van der Waals surface area contributed by atoms with E-state index in [-0.39, 0.29) is 0 Å². The Morgan fingerprint density at radius 3 is 2.44 bits per heavy atom. The molecule has 3 N–H and O–H groups in total. The van der Waals surface area contributed by atoms with Gasteiger partial charge in [-0.05, 0) is 44.4 Å². The Hall–Kier alpha value is -0.770. The van der Waals surface area contributed by atoms with Gasteiger partial charge in [0.15, 0.2) is 5.96 Å². The molecule has 104 valence electrons. The molecule has 2 fully saturated rings. The number of rotatable bonds is 4. The minimum Gasteiger partial charge on any atom is -0.381 e. The van der Waals surface area contributed by atoms with E-state index >= 15 is 0 Å². The van der Waals surface area contributed by atoms with Crippen LogP contribution >= 0.6 is 0 Å². The molecule has 0 spiro atoms. The van der Waals surface area contributed by atoms with Gasteiger partial charge in [-0.25, -0.2) is 0 Å². The van der Waals surface area contributed by atoms with Crippen LogP contribution in [-0.4, -0.2) is 31.8 Å². The minimum atomic E-state index is 0.471. The van der Waals surface area contributed by atoms with Crippen molar-refractivity contribution in [2.75, 3.05) is 13.7 Å². The Bertz CT molecular complexity index is 266. The average molecular weight is 253 g/mol. The Morgan fingerprint density at radius 2 is 1.83 bits per heavy atom. The highest BCUT2D eigenvalue weighted by molar-refractivity contribution is 5.78. The third-order valence-corrected chi connectivity index (χ3v) is 4.35. The van der Waals surface area contributed by atoms with Gasteiger partial charge in [0.05, 0.1) is 6.10 Å². The molecule has 2 aliphatic rings. The van der Waals surface area contributed by atoms with Crippen LogP contribution in [0.15, 0.2) is 4.99 Å². The molecule has 2 rings (SSSR count). The summed E-state index contributed by atoms with van der Waals surface area (Å²) in [6.07, 6.45) is 10.4. The second-order valence-corrected chi connectivity index (χ2v) is 5.73. The average Bonchev–Trinajstić information content (AvgIpc) is 2.90. The lowest BCUT2D eigenvalue weighted by Crippen LogP contribution is -2.39. The highest BCUT2D eigenvalue weighted by Crippen LogP contribution is 2.26. The third-order valence-electron chi connectivity index (χ3n) is 4.35. The lowest BCUT2D eigenvalue weighted by molar-refractivity contribution is 0.0581. The number of hydrogen-bond donors (Lipinski definition) is 2. The summed E-state index contributed by atoms with van der Waals surface area (Å²) < 4.78 is 5.38. The molecule has 0 aromatic rings. The van der Waals surface area contributed by atoms with Crippen molar-refractivity contribution in [1.29, 1.82) is 0 Å². The summed E-state index contributed by atoms with van der Waals surface area (Å²) >= 11 is 0. The lowest BCUT2D eigenvalue weighted by Gasteiger charge is -2.26. The Kier molecular flexibility index (Phi) is 5.29. The summed E-state index contributed by atoms with van der Waals surface area (Å²) in [7, 11) is 1.81. The topological polar surface area (TPSA) is 59.6 Å². The Labute approximate surface area is 110 Å². The number of hydrogen-bond acceptors (Lipinski definition) is 2. The maximum atomic E-state index is 5.94. The zero-order chi connectivity index (χ0) is 12.8. The maximum absolute atomic E-state index is 5.94. The largest absolute Gasteiger partial charge is 0.381 e. The van der Waals surface area contributed by atoms with Crippen LogP contribution < -0.4 is 11.1 Å². The van der Waals surface area contributed by atoms with Crippen molar-refractivity contribution in [2.24, 2.45) is 16.6 Å². The molecular weight excluding hydrogens is 226 g/mol. The first-order chi connectivity index (χ1) is 8.78. The molecule has 0 amide bonds. The van der Waals surface area contributed by atoms with Crippen LogP contribution in [0, 0.1) is 5.92 Å². The molecule has 4 heteroatoms. The third kappa shape index (κ3) is 4.16. The van der Waals surface area contributed by atoms with Crippen LogP contribution in [0.3, 0.4) is 0 Å². The number of methoxy groups -OCH3 is 1. The number of ether oxygens (including phenoxy) is 1. The van der Waals surface area contributed by atoms with Gasteiger partial charge in [-0.15, -0.1) is 0 Å². The quantitative estimate of drug-likeness (QED) is 0.595. The predicted molar refractivity (Wildman–Crippen MR) is 74.6 cm³/mol. The van der Waals surface area contributed by atoms with Gasteiger partial charge in [-0.1, -0.05) is 12.8 Å². The van der Waals surface area contributed by atoms with E-state index < -0.39 is 0 Å². The molecule has 0 aliphatic heterocycles. The molecule has 0 radical (unpaired) electrons. The van der Waals surface area contributed by atoms with Gasteiger partial charge < -0.3 is 15.8 Å². The fourth-order valence-corrected chi connectivity index (χ4v) is 3.10. The standard InChI is InChI=1S/C14H27N3O/c1-18-13-8-6-11(7-9-13)10-16-14(15)17-12-4-2-3-5-12/h11-13H,2-10H2,1H3,(H3,15,16,17). The Balaban J connectivity index is 1.66. The van der Waals surface area contributed by atoms with Crippen molar-refractivity contribution < 1.29 is 4.74 Å². The predicted octanol–water partition coefficient (Wildman–Crippen LogP) is 2.04. The summed E-state index contributed by atoms with van der Waals surface area (Å²) in [4.78, 5) is 4.50. The van der Waals surface area contributed by atoms with Crippen LogP contribution in [0.2, 0.25) is 0 Å². The van der Waals surface area contributed by atoms with Crippen molar-refractivity contribution >= 4 is 5.96 Å². The summed E-state index contributed by atoms with van der Waals surface area (Å²) in [6.45, 7) is 0.877. The van der Waals surface area contributed by atoms with Crippen molar-refractivity contribution in [2.45, 2.75) is 63.5 Å². The molecule has 0 aromatic carbocycles. The smallest absolute Gasteiger partial charge is 0.188 e. The molecule has 0 heterocycles. The van der Waals surface area contributed by atoms with Gasteiger partial charge >= 0.3 is 0 Å². The van der Waals surface area contributed by atoms with E-state index in [9.17, 15) is 0 Å². The molecule has 0 saturated heterocycles. The zero-order valence-corrected chi connectivity index (χ0v) is 11.5. The van der Waals surface area contributed by atoms with Gasteiger partial charge in [-0.3, -0.25) is 4.99 Å². The number of nitrogens with two attached hydrogens (primary N) is 1. The van der Waals surface area contributed by atoms with Gasteiger partial charge in [0, 0.05) is 19.7 Å². The van der Waals surface area contributed by atoms with Crippen molar-refractivity contribution in [3.63, 3.8) is 0 Å². The van der Waals surface area contributed by atoms with E-state index in [2.05, 4.69) is 10.3 Å². The van der Waals surface area contributed by atoms with E-state index in [1.165, 1.54) is 51.4 Å². The number of guanidine groups is 1. The van der Waals surface area contributed by atoms with Crippen molar-refractivity contribution in [3.8, 4) is 0 Å². The maximum Gasteiger partial charge on any atom is 0.188 e. The number of nitrogens with one attached hydrogen (secondary N) is 1. The number of nitrogens with zero attached hydrogens (tertiary/aromatic N) is 1. The van der Waals surface area contributed by atoms with Gasteiger partial charge in [-0.2, -0.15) is 0 Å². The van der Waals surface area contributed by atoms with E-state index in [1.807, 2.05) is 7.11 Å². The molecule has 2 aliphatic carbocycles. The monoisotopic (exact) mass is 253 g/mol. The molecule has 0 aromatic heterocycles. The van der Waals surface area contributed by atoms with Crippen LogP contribution in [0.1, 0.15) is 51.4 Å². The molecule has 4 nitrogen and oxygen atoms in total. The second-order valence-electron chi connectivity index (χ2n) is 5.73. The highest BCUT2D eigenvalue weighted by atomic mass is 16.5. The van der Waals surface area contributed by atoms with E-state index in [0.29, 0.717) is 24.0 Å². The number of aliphatic imine (C=N–C) groups is 1. The molecule has 0 atom stereocenters. The van der Waals surface area contributed by atoms with E-state index in [4.69, 9.17) is 10.5 Å². The van der Waals surface area contributed by atoms with Crippen LogP contribution in [0.5, 0.6) is 0 Å². The minimum absolute atomic E-state index is 0.471. The van der Waals surface area contributed by atoms with Crippen LogP contribution in [0.25, 0.3) is 0 Å². The first-order valence-corrected chi connectivity index (χ1v) is 7.37. The van der Waals surface area contributed by atoms with Crippen molar-refractivity contribution in [3.05, 3.63) is 0 Å². The first kappa shape index (κ1) is 13.7. The molecular formula is C14H27N3O. The SMILES string of the molecule is COC1CCC(CN=C(N)NC2CCCC2)CC1. The normalized spacial score (nSPS) is 30.6. The van der Waals surface area contributed by atoms with Gasteiger partial charge in [0.25, 0.3) is 0 Å². The first-order valence-electron chi connectivity index (χ1n) is 7.37. The highest BCUT2D eigenvalue weighted by Gasteiger charge is 2.20. The summed E-state index contributed by atoms with van der Waals surface area (Å²) in [5.41, 5.74) is 5.94. The fraction of sp³-hybridized carbons (Fsp3) is 0.929. The summed E-state index contributed by atoms with van der Waals surface area (Å²) in [5.74, 6) is 1.34. The van der Waals surface area contributed by atoms with Gasteiger partial charge in [0.1, 0.15) is 0 Å². The second kappa shape index (κ2) is 6.98. The molecule has 2 saturated carbocycles. The fourth-order valence-electron chi connectivity index (χ4n) is 3.10. The lowest BCUT2D eigenvalue weighted by atomic mass is 9.87. The molecule has 0 unspecified atom stereocenters. The van der Waals surface area contributed by atoms with E-state index in [0.717, 1.165) is 6.54 Å². The summed E-state index contributed by atoms with van der Waals surface area (Å²) in [5, 5.41) is 3.34. The Morgan fingerprint density at radius 1 is 1.17 bits per heavy atom. The van der Waals surface area contributed by atoms with Crippen molar-refractivity contribution in [1.82, 2.24) is 5.32 Å². The van der Waals surface area contributed by atoms with Crippen LogP contribution in [0.4, 0.5) is 0 Å².